The molecule has 1 saturated carbocycles. The summed E-state index contributed by atoms with van der Waals surface area (Å²) in [5, 5.41) is 38.2. The van der Waals surface area contributed by atoms with Gasteiger partial charge in [0.05, 0.1) is 11.1 Å². The number of anilines is 2. The molecule has 1 unspecified atom stereocenters. The smallest absolute Gasteiger partial charge is 0.252 e. The number of aliphatic hydroxyl groups excluding tert-OH is 1. The Balaban J connectivity index is 1.66. The largest absolute Gasteiger partial charge is 0.507 e. The van der Waals surface area contributed by atoms with Crippen LogP contribution in [-0.2, 0) is 27.3 Å². The standard InChI is InChI=1S/C31H36N4O6/c1-15-22(30(32)40)28(38)31(41)20(25(15)35(4)5)12-16-11-19-21(34(2)3)13-17(14-33-18-9-7-6-8-10-18)26(36)24(19)27(37)23(16)29(31)39/h6-10,13,16,20,25,33,36-37,41H,11-12,14H2,1-5H3,(H2,32,40)/t16?,20-,25+,31+/m0/s1. The van der Waals surface area contributed by atoms with Gasteiger partial charge < -0.3 is 36.2 Å². The van der Waals surface area contributed by atoms with Crippen molar-refractivity contribution in [3.63, 3.8) is 0 Å². The fourth-order valence-electron chi connectivity index (χ4n) is 7.02. The van der Waals surface area contributed by atoms with Crippen LogP contribution in [0.1, 0.15) is 30.0 Å². The molecule has 0 spiro atoms. The first-order valence-corrected chi connectivity index (χ1v) is 13.6. The minimum atomic E-state index is -2.58. The van der Waals surface area contributed by atoms with E-state index >= 15 is 0 Å². The number of para-hydroxylation sites is 1. The number of nitrogens with zero attached hydrogens (tertiary/aromatic N) is 2. The molecule has 5 rings (SSSR count). The van der Waals surface area contributed by atoms with Gasteiger partial charge in [-0.1, -0.05) is 18.2 Å². The number of primary amides is 1. The molecule has 10 nitrogen and oxygen atoms in total. The number of Topliss-reactive ketones (excluding diaryl/α,β-unsaturated/α-hetero) is 2. The maximum atomic E-state index is 14.1. The van der Waals surface area contributed by atoms with Gasteiger partial charge in [0.15, 0.2) is 5.60 Å². The van der Waals surface area contributed by atoms with Gasteiger partial charge in [-0.15, -0.1) is 0 Å². The summed E-state index contributed by atoms with van der Waals surface area (Å²) in [6, 6.07) is 10.7. The number of hydrogen-bond donors (Lipinski definition) is 5. The minimum absolute atomic E-state index is 0.108. The molecule has 0 radical (unpaired) electrons. The summed E-state index contributed by atoms with van der Waals surface area (Å²) in [7, 11) is 7.23. The average Bonchev–Trinajstić information content (AvgIpc) is 2.90. The van der Waals surface area contributed by atoms with Crippen LogP contribution in [0.5, 0.6) is 5.75 Å². The SMILES string of the molecule is CC1=C(C(N)=O)C(=O)[C@@]2(O)C(=O)C3=C(O)c4c(O)c(CNc5ccccc5)cc(N(C)C)c4CC3C[C@H]2[C@@H]1N(C)C. The number of fused-ring (bicyclic) bond motifs is 3. The highest BCUT2D eigenvalue weighted by atomic mass is 16.3. The summed E-state index contributed by atoms with van der Waals surface area (Å²) in [5.74, 6) is -5.05. The third-order valence-corrected chi connectivity index (χ3v) is 8.81. The van der Waals surface area contributed by atoms with Crippen molar-refractivity contribution in [1.82, 2.24) is 4.90 Å². The van der Waals surface area contributed by atoms with Crippen molar-refractivity contribution in [2.45, 2.75) is 38.0 Å². The van der Waals surface area contributed by atoms with Gasteiger partial charge >= 0.3 is 0 Å². The van der Waals surface area contributed by atoms with Crippen molar-refractivity contribution >= 4 is 34.6 Å². The molecule has 0 heterocycles. The second kappa shape index (κ2) is 10.0. The van der Waals surface area contributed by atoms with E-state index in [1.807, 2.05) is 55.4 Å². The van der Waals surface area contributed by atoms with Crippen molar-refractivity contribution in [2.75, 3.05) is 38.4 Å². The Morgan fingerprint density at radius 2 is 1.76 bits per heavy atom. The van der Waals surface area contributed by atoms with Crippen LogP contribution in [0.2, 0.25) is 0 Å². The third kappa shape index (κ3) is 4.20. The molecule has 1 amide bonds. The summed E-state index contributed by atoms with van der Waals surface area (Å²) in [5.41, 5.74) is 5.77. The molecule has 0 bridgehead atoms. The van der Waals surface area contributed by atoms with E-state index in [2.05, 4.69) is 5.32 Å². The molecule has 0 aromatic heterocycles. The van der Waals surface area contributed by atoms with E-state index in [0.29, 0.717) is 23.1 Å². The van der Waals surface area contributed by atoms with E-state index in [1.165, 1.54) is 0 Å². The Morgan fingerprint density at radius 3 is 2.34 bits per heavy atom. The van der Waals surface area contributed by atoms with Crippen LogP contribution < -0.4 is 16.0 Å². The quantitative estimate of drug-likeness (QED) is 0.264. The lowest BCUT2D eigenvalue weighted by Gasteiger charge is -2.51. The van der Waals surface area contributed by atoms with Crippen molar-refractivity contribution in [1.29, 1.82) is 0 Å². The number of nitrogens with one attached hydrogen (secondary N) is 1. The van der Waals surface area contributed by atoms with Crippen LogP contribution in [0.3, 0.4) is 0 Å². The molecule has 4 atom stereocenters. The Morgan fingerprint density at radius 1 is 1.10 bits per heavy atom. The van der Waals surface area contributed by atoms with Gasteiger partial charge in [0.1, 0.15) is 11.5 Å². The van der Waals surface area contributed by atoms with Crippen LogP contribution in [0.4, 0.5) is 11.4 Å². The van der Waals surface area contributed by atoms with E-state index in [0.717, 1.165) is 11.4 Å². The van der Waals surface area contributed by atoms with Gasteiger partial charge in [-0.3, -0.25) is 14.4 Å². The second-order valence-corrected chi connectivity index (χ2v) is 11.6. The molecule has 0 saturated heterocycles. The highest BCUT2D eigenvalue weighted by Gasteiger charge is 2.64. The molecular formula is C31H36N4O6. The van der Waals surface area contributed by atoms with E-state index in [9.17, 15) is 29.7 Å². The number of carbonyl (C=O) groups excluding carboxylic acids is 3. The molecule has 6 N–H and O–H groups in total. The zero-order valence-electron chi connectivity index (χ0n) is 23.9. The number of nitrogens with two attached hydrogens (primary N) is 1. The fourth-order valence-corrected chi connectivity index (χ4v) is 7.02. The van der Waals surface area contributed by atoms with Gasteiger partial charge in [-0.05, 0) is 69.1 Å². The molecule has 1 fully saturated rings. The lowest BCUT2D eigenvalue weighted by atomic mass is 9.56. The number of benzene rings is 2. The van der Waals surface area contributed by atoms with Crippen molar-refractivity contribution in [3.05, 3.63) is 69.8 Å². The zero-order valence-corrected chi connectivity index (χ0v) is 23.9. The van der Waals surface area contributed by atoms with Crippen LogP contribution in [0, 0.1) is 11.8 Å². The molecule has 2 aromatic carbocycles. The van der Waals surface area contributed by atoms with E-state index < -0.39 is 52.3 Å². The predicted octanol–water partition coefficient (Wildman–Crippen LogP) is 2.15. The number of hydrogen-bond acceptors (Lipinski definition) is 9. The molecule has 216 valence electrons. The molecular weight excluding hydrogens is 524 g/mol. The maximum Gasteiger partial charge on any atom is 0.252 e. The summed E-state index contributed by atoms with van der Waals surface area (Å²) in [6.45, 7) is 1.87. The van der Waals surface area contributed by atoms with E-state index in [1.54, 1.807) is 25.9 Å². The van der Waals surface area contributed by atoms with Crippen LogP contribution in [0.15, 0.2) is 53.1 Å². The number of carbonyl (C=O) groups is 3. The maximum absolute atomic E-state index is 14.1. The number of aromatic hydroxyl groups is 1. The number of likely N-dealkylation sites (N-methyl/N-ethyl adjacent to an activating group) is 1. The Labute approximate surface area is 238 Å². The number of aliphatic hydroxyl groups is 2. The van der Waals surface area contributed by atoms with Crippen LogP contribution >= 0.6 is 0 Å². The summed E-state index contributed by atoms with van der Waals surface area (Å²) < 4.78 is 0. The normalized spacial score (nSPS) is 25.6. The van der Waals surface area contributed by atoms with Crippen molar-refractivity contribution in [2.24, 2.45) is 17.6 Å². The van der Waals surface area contributed by atoms with Crippen LogP contribution in [-0.4, -0.2) is 77.5 Å². The summed E-state index contributed by atoms with van der Waals surface area (Å²) >= 11 is 0. The van der Waals surface area contributed by atoms with Gasteiger partial charge in [0.2, 0.25) is 11.6 Å². The van der Waals surface area contributed by atoms with E-state index in [-0.39, 0.29) is 29.9 Å². The summed E-state index contributed by atoms with van der Waals surface area (Å²) in [6.07, 6.45) is 0.504. The van der Waals surface area contributed by atoms with Crippen LogP contribution in [0.25, 0.3) is 5.76 Å². The topological polar surface area (TPSA) is 156 Å². The summed E-state index contributed by atoms with van der Waals surface area (Å²) in [4.78, 5) is 43.7. The first-order chi connectivity index (χ1) is 19.3. The monoisotopic (exact) mass is 560 g/mol. The second-order valence-electron chi connectivity index (χ2n) is 11.6. The molecule has 0 aliphatic heterocycles. The third-order valence-electron chi connectivity index (χ3n) is 8.81. The van der Waals surface area contributed by atoms with Gasteiger partial charge in [-0.25, -0.2) is 0 Å². The first kappa shape index (κ1) is 28.4. The van der Waals surface area contributed by atoms with Gasteiger partial charge in [0, 0.05) is 55.1 Å². The average molecular weight is 561 g/mol. The van der Waals surface area contributed by atoms with E-state index in [4.69, 9.17) is 5.73 Å². The first-order valence-electron chi connectivity index (χ1n) is 13.6. The Bertz CT molecular complexity index is 1530. The number of phenols is 1. The highest BCUT2D eigenvalue weighted by molar-refractivity contribution is 6.33. The number of phenolic OH excluding ortho intramolecular Hbond substituents is 1. The minimum Gasteiger partial charge on any atom is -0.507 e. The molecule has 3 aliphatic rings. The lowest BCUT2D eigenvalue weighted by Crippen LogP contribution is -2.66. The molecule has 2 aromatic rings. The highest BCUT2D eigenvalue weighted by Crippen LogP contribution is 2.53. The molecule has 10 heteroatoms. The molecule has 3 aliphatic carbocycles. The van der Waals surface area contributed by atoms with Crippen molar-refractivity contribution < 1.29 is 29.7 Å². The fraction of sp³-hybridized carbons (Fsp3) is 0.387. The number of amides is 1. The zero-order chi connectivity index (χ0) is 30.0. The Kier molecular flexibility index (Phi) is 6.95. The predicted molar refractivity (Wildman–Crippen MR) is 155 cm³/mol. The van der Waals surface area contributed by atoms with Gasteiger partial charge in [0.25, 0.3) is 5.91 Å². The molecule has 41 heavy (non-hydrogen) atoms. The van der Waals surface area contributed by atoms with Gasteiger partial charge in [-0.2, -0.15) is 0 Å². The Hall–Kier alpha value is -4.15. The van der Waals surface area contributed by atoms with Crippen molar-refractivity contribution in [3.8, 4) is 5.75 Å². The lowest BCUT2D eigenvalue weighted by molar-refractivity contribution is -0.160. The number of ketones is 2. The number of rotatable bonds is 6.